The van der Waals surface area contributed by atoms with Crippen molar-refractivity contribution >= 4 is 54.4 Å². The molecule has 172 valence electrons. The largest absolute Gasteiger partial charge is 0.307 e. The number of rotatable bonds is 2. The summed E-state index contributed by atoms with van der Waals surface area (Å²) in [5, 5.41) is 7.10. The predicted molar refractivity (Wildman–Crippen MR) is 152 cm³/mol. The van der Waals surface area contributed by atoms with Crippen LogP contribution in [-0.2, 0) is 0 Å². The fourth-order valence-corrected chi connectivity index (χ4v) is 5.65. The van der Waals surface area contributed by atoms with Crippen molar-refractivity contribution in [2.24, 2.45) is 0 Å². The van der Waals surface area contributed by atoms with Crippen molar-refractivity contribution in [1.82, 2.24) is 19.5 Å². The van der Waals surface area contributed by atoms with Crippen LogP contribution in [-0.4, -0.2) is 19.5 Å². The Morgan fingerprint density at radius 1 is 0.568 bits per heavy atom. The van der Waals surface area contributed by atoms with Crippen LogP contribution in [0.5, 0.6) is 0 Å². The number of fused-ring (bicyclic) bond motifs is 9. The van der Waals surface area contributed by atoms with Gasteiger partial charge in [-0.05, 0) is 47.9 Å². The molecular weight excluding hydrogens is 452 g/mol. The molecule has 0 amide bonds. The van der Waals surface area contributed by atoms with Gasteiger partial charge < -0.3 is 4.57 Å². The molecule has 0 N–H and O–H groups in total. The second-order valence-corrected chi connectivity index (χ2v) is 9.34. The third-order valence-corrected chi connectivity index (χ3v) is 7.28. The van der Waals surface area contributed by atoms with Crippen LogP contribution < -0.4 is 0 Å². The van der Waals surface area contributed by atoms with Crippen LogP contribution >= 0.6 is 0 Å². The van der Waals surface area contributed by atoms with Crippen molar-refractivity contribution in [2.45, 2.75) is 0 Å². The second kappa shape index (κ2) is 7.70. The Kier molecular flexibility index (Phi) is 4.19. The average molecular weight is 473 g/mol. The molecule has 0 aliphatic heterocycles. The van der Waals surface area contributed by atoms with Gasteiger partial charge in [0.1, 0.15) is 0 Å². The summed E-state index contributed by atoms with van der Waals surface area (Å²) >= 11 is 0. The molecule has 8 rings (SSSR count). The number of nitrogens with zero attached hydrogens (tertiary/aromatic N) is 4. The van der Waals surface area contributed by atoms with Crippen LogP contribution in [0.3, 0.4) is 0 Å². The summed E-state index contributed by atoms with van der Waals surface area (Å²) < 4.78 is 2.33. The highest BCUT2D eigenvalue weighted by molar-refractivity contribution is 6.31. The predicted octanol–water partition coefficient (Wildman–Crippen LogP) is 8.10. The number of hydrogen-bond donors (Lipinski definition) is 0. The number of para-hydroxylation sites is 2. The van der Waals surface area contributed by atoms with E-state index in [0.29, 0.717) is 0 Å². The first-order valence-electron chi connectivity index (χ1n) is 12.4. The third-order valence-electron chi connectivity index (χ3n) is 7.28. The minimum atomic E-state index is 0.903. The first kappa shape index (κ1) is 20.1. The van der Waals surface area contributed by atoms with Crippen LogP contribution in [0.25, 0.3) is 71.3 Å². The topological polar surface area (TPSA) is 43.6 Å². The zero-order valence-electron chi connectivity index (χ0n) is 19.8. The number of benzene rings is 4. The summed E-state index contributed by atoms with van der Waals surface area (Å²) in [4.78, 5) is 14.3. The molecule has 8 aromatic rings. The highest BCUT2D eigenvalue weighted by Gasteiger charge is 2.19. The summed E-state index contributed by atoms with van der Waals surface area (Å²) in [7, 11) is 0. The maximum Gasteiger partial charge on any atom is 0.0801 e. The summed E-state index contributed by atoms with van der Waals surface area (Å²) in [5.41, 5.74) is 7.24. The average Bonchev–Trinajstić information content (AvgIpc) is 3.33. The third kappa shape index (κ3) is 2.93. The van der Waals surface area contributed by atoms with E-state index >= 15 is 0 Å². The molecule has 37 heavy (non-hydrogen) atoms. The van der Waals surface area contributed by atoms with Crippen molar-refractivity contribution in [1.29, 1.82) is 0 Å². The van der Waals surface area contributed by atoms with Crippen LogP contribution in [0.15, 0.2) is 122 Å². The van der Waals surface area contributed by atoms with Gasteiger partial charge in [-0.2, -0.15) is 0 Å². The molecule has 0 unspecified atom stereocenters. The van der Waals surface area contributed by atoms with E-state index in [1.807, 2.05) is 42.9 Å². The van der Waals surface area contributed by atoms with Gasteiger partial charge in [-0.15, -0.1) is 0 Å². The van der Waals surface area contributed by atoms with E-state index in [0.717, 1.165) is 49.8 Å². The molecular formula is C33H20N4. The van der Waals surface area contributed by atoms with Crippen molar-refractivity contribution < 1.29 is 0 Å². The van der Waals surface area contributed by atoms with Gasteiger partial charge >= 0.3 is 0 Å². The Morgan fingerprint density at radius 3 is 2.24 bits per heavy atom. The number of pyridine rings is 3. The Hall–Kier alpha value is -5.09. The van der Waals surface area contributed by atoms with Gasteiger partial charge in [0.05, 0.1) is 39.6 Å². The highest BCUT2D eigenvalue weighted by Crippen LogP contribution is 2.41. The molecule has 4 nitrogen and oxygen atoms in total. The van der Waals surface area contributed by atoms with Gasteiger partial charge in [0, 0.05) is 44.9 Å². The Bertz CT molecular complexity index is 2140. The standard InChI is InChI=1S/C33H20N4/c1-5-13-28-21(8-1)18-22(19-35-28)29-16-15-23(20-36-29)37-30-14-6-4-11-26(30)31-24-9-2-3-10-25(24)32-27(33(31)37)12-7-17-34-32/h1-20H. The zero-order chi connectivity index (χ0) is 24.3. The summed E-state index contributed by atoms with van der Waals surface area (Å²) in [6.07, 6.45) is 5.74. The summed E-state index contributed by atoms with van der Waals surface area (Å²) in [5.74, 6) is 0. The van der Waals surface area contributed by atoms with E-state index in [-0.39, 0.29) is 0 Å². The van der Waals surface area contributed by atoms with E-state index in [4.69, 9.17) is 9.97 Å². The lowest BCUT2D eigenvalue weighted by atomic mass is 10.00. The van der Waals surface area contributed by atoms with Crippen LogP contribution in [0.1, 0.15) is 0 Å². The van der Waals surface area contributed by atoms with E-state index in [1.165, 1.54) is 21.5 Å². The van der Waals surface area contributed by atoms with E-state index in [2.05, 4.69) is 88.4 Å². The fraction of sp³-hybridized carbons (Fsp3) is 0. The molecule has 0 saturated heterocycles. The summed E-state index contributed by atoms with van der Waals surface area (Å²) in [6, 6.07) is 35.9. The number of hydrogen-bond acceptors (Lipinski definition) is 3. The quantitative estimate of drug-likeness (QED) is 0.239. The maximum atomic E-state index is 4.89. The summed E-state index contributed by atoms with van der Waals surface area (Å²) in [6.45, 7) is 0. The zero-order valence-corrected chi connectivity index (χ0v) is 19.8. The molecule has 0 bridgehead atoms. The van der Waals surface area contributed by atoms with E-state index < -0.39 is 0 Å². The van der Waals surface area contributed by atoms with Crippen molar-refractivity contribution in [3.8, 4) is 16.9 Å². The Balaban J connectivity index is 1.42. The molecule has 4 aromatic carbocycles. The molecule has 0 aliphatic rings. The first-order chi connectivity index (χ1) is 18.4. The Morgan fingerprint density at radius 2 is 1.35 bits per heavy atom. The van der Waals surface area contributed by atoms with Crippen LogP contribution in [0.4, 0.5) is 0 Å². The lowest BCUT2D eigenvalue weighted by Gasteiger charge is -2.12. The van der Waals surface area contributed by atoms with Crippen LogP contribution in [0.2, 0.25) is 0 Å². The minimum Gasteiger partial charge on any atom is -0.307 e. The highest BCUT2D eigenvalue weighted by atomic mass is 15.0. The Labute approximate surface area is 212 Å². The normalized spacial score (nSPS) is 11.8. The van der Waals surface area contributed by atoms with Gasteiger partial charge in [-0.3, -0.25) is 15.0 Å². The molecule has 0 radical (unpaired) electrons. The number of aromatic nitrogens is 4. The van der Waals surface area contributed by atoms with E-state index in [9.17, 15) is 0 Å². The van der Waals surface area contributed by atoms with Gasteiger partial charge in [0.15, 0.2) is 0 Å². The SMILES string of the molecule is c1ccc2ncc(-c3ccc(-n4c5ccccc5c5c6ccccc6c6ncccc6c54)cn3)cc2c1. The second-order valence-electron chi connectivity index (χ2n) is 9.34. The molecule has 0 fully saturated rings. The van der Waals surface area contributed by atoms with E-state index in [1.54, 1.807) is 0 Å². The van der Waals surface area contributed by atoms with Crippen molar-refractivity contribution in [3.05, 3.63) is 122 Å². The van der Waals surface area contributed by atoms with Gasteiger partial charge in [0.25, 0.3) is 0 Å². The molecule has 0 spiro atoms. The molecule has 4 heterocycles. The van der Waals surface area contributed by atoms with Gasteiger partial charge in [-0.25, -0.2) is 0 Å². The minimum absolute atomic E-state index is 0.903. The molecule has 0 atom stereocenters. The smallest absolute Gasteiger partial charge is 0.0801 e. The lowest BCUT2D eigenvalue weighted by Crippen LogP contribution is -1.97. The van der Waals surface area contributed by atoms with Crippen molar-refractivity contribution in [3.63, 3.8) is 0 Å². The fourth-order valence-electron chi connectivity index (χ4n) is 5.65. The van der Waals surface area contributed by atoms with Gasteiger partial charge in [0.2, 0.25) is 0 Å². The maximum absolute atomic E-state index is 4.89. The molecule has 0 aliphatic carbocycles. The lowest BCUT2D eigenvalue weighted by molar-refractivity contribution is 1.15. The monoisotopic (exact) mass is 472 g/mol. The molecule has 4 aromatic heterocycles. The van der Waals surface area contributed by atoms with Gasteiger partial charge in [-0.1, -0.05) is 60.7 Å². The first-order valence-corrected chi connectivity index (χ1v) is 12.4. The molecule has 0 saturated carbocycles. The van der Waals surface area contributed by atoms with Crippen molar-refractivity contribution in [2.75, 3.05) is 0 Å². The molecule has 4 heteroatoms. The van der Waals surface area contributed by atoms with Crippen LogP contribution in [0, 0.1) is 0 Å².